The number of imidazole rings is 1. The molecule has 5 heteroatoms. The molecule has 0 saturated carbocycles. The van der Waals surface area contributed by atoms with Crippen molar-refractivity contribution in [1.29, 1.82) is 0 Å². The Balaban J connectivity index is 1.67. The molecular weight excluding hydrogens is 242 g/mol. The quantitative estimate of drug-likeness (QED) is 0.880. The van der Waals surface area contributed by atoms with E-state index in [0.29, 0.717) is 6.61 Å². The minimum Gasteiger partial charge on any atom is -0.490 e. The van der Waals surface area contributed by atoms with Crippen LogP contribution in [-0.4, -0.2) is 23.2 Å². The Morgan fingerprint density at radius 3 is 3.05 bits per heavy atom. The van der Waals surface area contributed by atoms with E-state index in [4.69, 9.17) is 9.47 Å². The first-order chi connectivity index (χ1) is 9.43. The fourth-order valence-electron chi connectivity index (χ4n) is 2.11. The Labute approximate surface area is 112 Å². The third-order valence-corrected chi connectivity index (χ3v) is 3.04. The molecule has 0 bridgehead atoms. The number of ether oxygens (including phenoxy) is 2. The summed E-state index contributed by atoms with van der Waals surface area (Å²) >= 11 is 0. The number of hydrogen-bond donors (Lipinski definition) is 2. The summed E-state index contributed by atoms with van der Waals surface area (Å²) in [4.78, 5) is 7.06. The topological polar surface area (TPSA) is 59.2 Å². The zero-order valence-electron chi connectivity index (χ0n) is 10.7. The molecule has 3 rings (SSSR count). The van der Waals surface area contributed by atoms with Crippen molar-refractivity contribution < 1.29 is 9.47 Å². The van der Waals surface area contributed by atoms with Crippen molar-refractivity contribution >= 4 is 0 Å². The van der Waals surface area contributed by atoms with E-state index in [0.717, 1.165) is 48.9 Å². The second-order valence-electron chi connectivity index (χ2n) is 4.48. The van der Waals surface area contributed by atoms with Crippen molar-refractivity contribution in [1.82, 2.24) is 15.3 Å². The normalized spacial score (nSPS) is 14.1. The lowest BCUT2D eigenvalue weighted by Crippen LogP contribution is -2.14. The van der Waals surface area contributed by atoms with E-state index in [1.807, 2.05) is 18.3 Å². The van der Waals surface area contributed by atoms with E-state index >= 15 is 0 Å². The Bertz CT molecular complexity index is 525. The van der Waals surface area contributed by atoms with Crippen molar-refractivity contribution in [2.75, 3.05) is 13.2 Å². The molecule has 0 fully saturated rings. The molecule has 0 aliphatic carbocycles. The summed E-state index contributed by atoms with van der Waals surface area (Å²) in [6, 6.07) is 6.02. The lowest BCUT2D eigenvalue weighted by Gasteiger charge is -2.12. The summed E-state index contributed by atoms with van der Waals surface area (Å²) in [5.74, 6) is 1.72. The number of hydrogen-bond acceptors (Lipinski definition) is 4. The highest BCUT2D eigenvalue weighted by Crippen LogP contribution is 2.33. The summed E-state index contributed by atoms with van der Waals surface area (Å²) in [5.41, 5.74) is 2.19. The van der Waals surface area contributed by atoms with Crippen LogP contribution in [0.25, 0.3) is 0 Å². The molecule has 100 valence electrons. The number of fused-ring (bicyclic) bond motifs is 1. The Morgan fingerprint density at radius 2 is 2.16 bits per heavy atom. The van der Waals surface area contributed by atoms with Gasteiger partial charge in [0.1, 0.15) is 0 Å². The van der Waals surface area contributed by atoms with Crippen molar-refractivity contribution in [2.45, 2.75) is 19.5 Å². The number of aromatic amines is 1. The summed E-state index contributed by atoms with van der Waals surface area (Å²) < 4.78 is 11.5. The highest BCUT2D eigenvalue weighted by molar-refractivity contribution is 5.47. The monoisotopic (exact) mass is 259 g/mol. The SMILES string of the molecule is c1cc(CNCc2cnc[nH]2)c2c(c1)OCCCO2. The summed E-state index contributed by atoms with van der Waals surface area (Å²) in [6.07, 6.45) is 4.43. The van der Waals surface area contributed by atoms with Crippen molar-refractivity contribution in [2.24, 2.45) is 0 Å². The molecule has 5 nitrogen and oxygen atoms in total. The predicted octanol–water partition coefficient (Wildman–Crippen LogP) is 1.86. The zero-order valence-corrected chi connectivity index (χ0v) is 10.7. The Morgan fingerprint density at radius 1 is 1.21 bits per heavy atom. The number of benzene rings is 1. The number of nitrogens with zero attached hydrogens (tertiary/aromatic N) is 1. The smallest absolute Gasteiger partial charge is 0.165 e. The van der Waals surface area contributed by atoms with Crippen LogP contribution in [0.4, 0.5) is 0 Å². The standard InChI is InChI=1S/C14H17N3O2/c1-3-11(7-15-8-12-9-16-10-17-12)14-13(4-1)18-5-2-6-19-14/h1,3-4,9-10,15H,2,5-8H2,(H,16,17). The molecule has 0 unspecified atom stereocenters. The van der Waals surface area contributed by atoms with E-state index in [9.17, 15) is 0 Å². The van der Waals surface area contributed by atoms with Crippen molar-refractivity contribution in [3.05, 3.63) is 42.0 Å². The van der Waals surface area contributed by atoms with Gasteiger partial charge in [0, 0.05) is 37.0 Å². The molecule has 0 amide bonds. The second kappa shape index (κ2) is 5.75. The van der Waals surface area contributed by atoms with Crippen LogP contribution in [0.1, 0.15) is 17.7 Å². The maximum atomic E-state index is 5.78. The predicted molar refractivity (Wildman–Crippen MR) is 71.2 cm³/mol. The van der Waals surface area contributed by atoms with Gasteiger partial charge in [0.15, 0.2) is 11.5 Å². The molecule has 0 spiro atoms. The second-order valence-corrected chi connectivity index (χ2v) is 4.48. The zero-order chi connectivity index (χ0) is 12.9. The van der Waals surface area contributed by atoms with Gasteiger partial charge in [-0.2, -0.15) is 0 Å². The molecule has 1 aliphatic heterocycles. The van der Waals surface area contributed by atoms with Gasteiger partial charge in [-0.3, -0.25) is 0 Å². The highest BCUT2D eigenvalue weighted by atomic mass is 16.5. The van der Waals surface area contributed by atoms with E-state index in [2.05, 4.69) is 21.4 Å². The van der Waals surface area contributed by atoms with Crippen LogP contribution in [0.3, 0.4) is 0 Å². The van der Waals surface area contributed by atoms with Crippen LogP contribution < -0.4 is 14.8 Å². The summed E-state index contributed by atoms with van der Waals surface area (Å²) in [7, 11) is 0. The third-order valence-electron chi connectivity index (χ3n) is 3.04. The van der Waals surface area contributed by atoms with Gasteiger partial charge in [0.05, 0.1) is 19.5 Å². The first-order valence-electron chi connectivity index (χ1n) is 6.49. The van der Waals surface area contributed by atoms with Gasteiger partial charge in [-0.1, -0.05) is 12.1 Å². The number of H-pyrrole nitrogens is 1. The average molecular weight is 259 g/mol. The van der Waals surface area contributed by atoms with Crippen LogP contribution in [0, 0.1) is 0 Å². The van der Waals surface area contributed by atoms with E-state index < -0.39 is 0 Å². The van der Waals surface area contributed by atoms with Gasteiger partial charge in [0.2, 0.25) is 0 Å². The minimum absolute atomic E-state index is 0.713. The van der Waals surface area contributed by atoms with E-state index in [-0.39, 0.29) is 0 Å². The molecule has 2 N–H and O–H groups in total. The molecule has 1 aromatic carbocycles. The Kier molecular flexibility index (Phi) is 3.65. The number of nitrogens with one attached hydrogen (secondary N) is 2. The van der Waals surface area contributed by atoms with Crippen molar-refractivity contribution in [3.8, 4) is 11.5 Å². The third kappa shape index (κ3) is 2.88. The maximum Gasteiger partial charge on any atom is 0.165 e. The first-order valence-corrected chi connectivity index (χ1v) is 6.49. The molecule has 19 heavy (non-hydrogen) atoms. The lowest BCUT2D eigenvalue weighted by molar-refractivity contribution is 0.296. The molecular formula is C14H17N3O2. The Hall–Kier alpha value is -2.01. The van der Waals surface area contributed by atoms with E-state index in [1.165, 1.54) is 0 Å². The van der Waals surface area contributed by atoms with Gasteiger partial charge < -0.3 is 19.8 Å². The van der Waals surface area contributed by atoms with Crippen LogP contribution in [-0.2, 0) is 13.1 Å². The van der Waals surface area contributed by atoms with Gasteiger partial charge in [-0.15, -0.1) is 0 Å². The van der Waals surface area contributed by atoms with Gasteiger partial charge in [-0.05, 0) is 6.07 Å². The van der Waals surface area contributed by atoms with Gasteiger partial charge >= 0.3 is 0 Å². The van der Waals surface area contributed by atoms with Crippen LogP contribution in [0.15, 0.2) is 30.7 Å². The first kappa shape index (κ1) is 12.0. The van der Waals surface area contributed by atoms with E-state index in [1.54, 1.807) is 6.33 Å². The number of aromatic nitrogens is 2. The van der Waals surface area contributed by atoms with Crippen molar-refractivity contribution in [3.63, 3.8) is 0 Å². The van der Waals surface area contributed by atoms with Crippen LogP contribution >= 0.6 is 0 Å². The lowest BCUT2D eigenvalue weighted by atomic mass is 10.2. The number of para-hydroxylation sites is 1. The number of rotatable bonds is 4. The van der Waals surface area contributed by atoms with Crippen LogP contribution in [0.2, 0.25) is 0 Å². The molecule has 0 atom stereocenters. The average Bonchev–Trinajstić information content (AvgIpc) is 2.82. The largest absolute Gasteiger partial charge is 0.490 e. The molecule has 0 saturated heterocycles. The maximum absolute atomic E-state index is 5.78. The fraction of sp³-hybridized carbons (Fsp3) is 0.357. The molecule has 1 aromatic heterocycles. The summed E-state index contributed by atoms with van der Waals surface area (Å²) in [6.45, 7) is 2.93. The highest BCUT2D eigenvalue weighted by Gasteiger charge is 2.13. The fourth-order valence-corrected chi connectivity index (χ4v) is 2.11. The molecule has 0 radical (unpaired) electrons. The summed E-state index contributed by atoms with van der Waals surface area (Å²) in [5, 5.41) is 3.37. The molecule has 2 aromatic rings. The molecule has 2 heterocycles. The van der Waals surface area contributed by atoms with Gasteiger partial charge in [-0.25, -0.2) is 4.98 Å². The molecule has 1 aliphatic rings. The van der Waals surface area contributed by atoms with Gasteiger partial charge in [0.25, 0.3) is 0 Å². The minimum atomic E-state index is 0.713. The van der Waals surface area contributed by atoms with Crippen LogP contribution in [0.5, 0.6) is 11.5 Å².